The number of aliphatic hydroxyl groups is 5. The van der Waals surface area contributed by atoms with Crippen molar-refractivity contribution >= 4 is 15.6 Å². The molecular weight excluding hydrogens is 564 g/mol. The summed E-state index contributed by atoms with van der Waals surface area (Å²) in [5, 5.41) is 49.8. The Morgan fingerprint density at radius 3 is 2.21 bits per heavy atom. The quantitative estimate of drug-likeness (QED) is 0.122. The highest BCUT2D eigenvalue weighted by Gasteiger charge is 2.50. The second kappa shape index (κ2) is 12.4. The Morgan fingerprint density at radius 1 is 1.00 bits per heavy atom. The summed E-state index contributed by atoms with van der Waals surface area (Å²) in [5.41, 5.74) is 4.07. The molecule has 19 nitrogen and oxygen atoms in total. The third kappa shape index (κ3) is 6.67. The lowest BCUT2D eigenvalue weighted by Gasteiger charge is -2.40. The first-order chi connectivity index (χ1) is 17.8. The second-order valence-electron chi connectivity index (χ2n) is 8.09. The maximum Gasteiger partial charge on any atom is 0.485 e. The number of rotatable bonds is 11. The van der Waals surface area contributed by atoms with Crippen molar-refractivity contribution in [3.05, 3.63) is 33.1 Å². The normalized spacial score (nSPS) is 37.0. The number of ether oxygens (including phenoxy) is 2. The van der Waals surface area contributed by atoms with Crippen molar-refractivity contribution in [3.8, 4) is 0 Å². The minimum Gasteiger partial charge on any atom is -0.394 e. The summed E-state index contributed by atoms with van der Waals surface area (Å²) < 4.78 is 61.7. The molecule has 218 valence electrons. The van der Waals surface area contributed by atoms with Gasteiger partial charge in [-0.25, -0.2) is 13.9 Å². The van der Waals surface area contributed by atoms with Crippen LogP contribution in [0, 0.1) is 0 Å². The monoisotopic (exact) mass is 593 g/mol. The third-order valence-electron chi connectivity index (χ3n) is 5.67. The van der Waals surface area contributed by atoms with E-state index >= 15 is 0 Å². The zero-order chi connectivity index (χ0) is 28.4. The average molecular weight is 593 g/mol. The van der Waals surface area contributed by atoms with Gasteiger partial charge in [-0.1, -0.05) is 0 Å². The second-order valence-corrected chi connectivity index (χ2v) is 11.7. The lowest BCUT2D eigenvalue weighted by atomic mass is 9.98. The first kappa shape index (κ1) is 31.2. The number of phosphoric acid groups is 2. The largest absolute Gasteiger partial charge is 0.485 e. The highest BCUT2D eigenvalue weighted by molar-refractivity contribution is 7.62. The molecule has 2 aliphatic rings. The maximum absolute atomic E-state index is 13.0. The minimum atomic E-state index is -4.91. The van der Waals surface area contributed by atoms with E-state index in [1.165, 1.54) is 0 Å². The molecule has 0 amide bonds. The lowest BCUT2D eigenvalue weighted by molar-refractivity contribution is -0.243. The van der Waals surface area contributed by atoms with Gasteiger partial charge in [-0.15, -0.1) is 0 Å². The Kier molecular flexibility index (Phi) is 10.2. The van der Waals surface area contributed by atoms with E-state index in [1.807, 2.05) is 4.98 Å². The van der Waals surface area contributed by atoms with Gasteiger partial charge >= 0.3 is 21.3 Å². The molecule has 8 N–H and O–H groups in total. The summed E-state index contributed by atoms with van der Waals surface area (Å²) in [5.74, 6) is 0. The fraction of sp³-hybridized carbons (Fsp3) is 0.765. The summed E-state index contributed by atoms with van der Waals surface area (Å²) in [7, 11) is -8.08. The molecule has 21 heteroatoms. The summed E-state index contributed by atoms with van der Waals surface area (Å²) in [6.45, 7) is -1.58. The highest BCUT2D eigenvalue weighted by atomic mass is 31.3. The molecule has 3 rings (SSSR count). The lowest BCUT2D eigenvalue weighted by Crippen LogP contribution is -2.62. The highest BCUT2D eigenvalue weighted by Crippen LogP contribution is 2.66. The molecule has 3 heterocycles. The van der Waals surface area contributed by atoms with Crippen LogP contribution in [0.25, 0.3) is 0 Å². The number of aromatic nitrogens is 2. The number of phosphoric ester groups is 2. The van der Waals surface area contributed by atoms with Crippen molar-refractivity contribution in [1.82, 2.24) is 9.55 Å². The van der Waals surface area contributed by atoms with Gasteiger partial charge in [0.15, 0.2) is 12.5 Å². The van der Waals surface area contributed by atoms with E-state index in [4.69, 9.17) is 28.6 Å². The Morgan fingerprint density at radius 2 is 1.63 bits per heavy atom. The molecule has 9 unspecified atom stereocenters. The number of hydrogen-bond acceptors (Lipinski definition) is 17. The molecule has 38 heavy (non-hydrogen) atoms. The predicted octanol–water partition coefficient (Wildman–Crippen LogP) is -3.52. The van der Waals surface area contributed by atoms with Crippen molar-refractivity contribution in [3.63, 3.8) is 0 Å². The van der Waals surface area contributed by atoms with E-state index in [2.05, 4.69) is 9.05 Å². The molecule has 0 aromatic carbocycles. The van der Waals surface area contributed by atoms with Gasteiger partial charge in [0.2, 0.25) is 0 Å². The van der Waals surface area contributed by atoms with Crippen molar-refractivity contribution in [2.24, 2.45) is 5.73 Å². The molecule has 2 saturated heterocycles. The summed E-state index contributed by atoms with van der Waals surface area (Å²) in [6.07, 6.45) is -11.7. The van der Waals surface area contributed by atoms with E-state index in [0.717, 1.165) is 31.0 Å². The Hall–Kier alpha value is -1.38. The van der Waals surface area contributed by atoms with Crippen molar-refractivity contribution in [2.75, 3.05) is 27.4 Å². The number of aromatic amines is 1. The zero-order valence-corrected chi connectivity index (χ0v) is 21.7. The van der Waals surface area contributed by atoms with Crippen molar-refractivity contribution in [1.29, 1.82) is 0 Å². The molecule has 0 aliphatic carbocycles. The Balaban J connectivity index is 1.69. The van der Waals surface area contributed by atoms with Gasteiger partial charge in [0.05, 0.1) is 19.3 Å². The molecule has 0 spiro atoms. The van der Waals surface area contributed by atoms with Gasteiger partial charge in [-0.2, -0.15) is 4.31 Å². The van der Waals surface area contributed by atoms with Crippen LogP contribution in [0.15, 0.2) is 21.9 Å². The van der Waals surface area contributed by atoms with Gasteiger partial charge in [-0.3, -0.25) is 32.4 Å². The Labute approximate surface area is 213 Å². The Bertz CT molecular complexity index is 1160. The van der Waals surface area contributed by atoms with Crippen LogP contribution in [-0.2, 0) is 41.0 Å². The van der Waals surface area contributed by atoms with Gasteiger partial charge in [0, 0.05) is 26.5 Å². The number of H-pyrrole nitrogens is 1. The van der Waals surface area contributed by atoms with Crippen LogP contribution in [-0.4, -0.2) is 111 Å². The number of nitrogens with two attached hydrogens (primary N) is 1. The summed E-state index contributed by atoms with van der Waals surface area (Å²) in [4.78, 5) is 25.2. The van der Waals surface area contributed by atoms with Crippen LogP contribution in [0.3, 0.4) is 0 Å². The molecular formula is C17H29N3O16P2. The fourth-order valence-corrected chi connectivity index (χ4v) is 6.36. The molecule has 0 saturated carbocycles. The van der Waals surface area contributed by atoms with Gasteiger partial charge < -0.3 is 40.7 Å². The first-order valence-electron chi connectivity index (χ1n) is 10.8. The van der Waals surface area contributed by atoms with Crippen LogP contribution >= 0.6 is 15.6 Å². The van der Waals surface area contributed by atoms with Crippen LogP contribution in [0.1, 0.15) is 6.23 Å². The number of aliphatic hydroxyl groups excluding tert-OH is 5. The van der Waals surface area contributed by atoms with Gasteiger partial charge in [0.1, 0.15) is 36.6 Å². The van der Waals surface area contributed by atoms with Crippen LogP contribution in [0.4, 0.5) is 0 Å². The van der Waals surface area contributed by atoms with Crippen LogP contribution in [0.5, 0.6) is 0 Å². The van der Waals surface area contributed by atoms with Gasteiger partial charge in [-0.05, 0) is 0 Å². The number of hydrogen-bond donors (Lipinski definition) is 7. The fourth-order valence-electron chi connectivity index (χ4n) is 3.54. The summed E-state index contributed by atoms with van der Waals surface area (Å²) in [6, 6.07) is -0.535. The maximum atomic E-state index is 13.0. The van der Waals surface area contributed by atoms with Crippen molar-refractivity contribution < 1.29 is 66.5 Å². The standard InChI is InChI=1S/C17H29N3O16P2/c1-30-37(28,36-38(29,31-2)35-16-10(18)13(25)11(23)7(5-21)34-16)32-6-8-12(24)14(26)15(33-8)20-4-3-9(22)19-17(20)27/h3-4,7-8,10-16,21,23-26H,5-6,18H2,1-2H3,(H,19,22,27)/t7?,8?,10?,11-,12?,13?,14?,15?,16+,37?,38?/m0/s1. The molecule has 2 fully saturated rings. The topological polar surface area (TPSA) is 281 Å². The molecule has 2 aliphatic heterocycles. The van der Waals surface area contributed by atoms with Crippen molar-refractivity contribution in [2.45, 2.75) is 55.2 Å². The molecule has 0 radical (unpaired) electrons. The van der Waals surface area contributed by atoms with E-state index in [-0.39, 0.29) is 0 Å². The average Bonchev–Trinajstić information content (AvgIpc) is 3.16. The number of nitrogens with one attached hydrogen (secondary N) is 1. The molecule has 1 aromatic heterocycles. The smallest absolute Gasteiger partial charge is 0.394 e. The van der Waals surface area contributed by atoms with Crippen LogP contribution < -0.4 is 17.0 Å². The first-order valence-corrected chi connectivity index (χ1v) is 13.8. The zero-order valence-electron chi connectivity index (χ0n) is 19.9. The third-order valence-corrected chi connectivity index (χ3v) is 9.09. The van der Waals surface area contributed by atoms with Crippen LogP contribution in [0.2, 0.25) is 0 Å². The van der Waals surface area contributed by atoms with E-state index in [9.17, 15) is 44.3 Å². The van der Waals surface area contributed by atoms with Gasteiger partial charge in [0.25, 0.3) is 5.56 Å². The van der Waals surface area contributed by atoms with E-state index in [0.29, 0.717) is 0 Å². The molecule has 11 atom stereocenters. The minimum absolute atomic E-state index is 0.709. The SMILES string of the molecule is COP(=O)(OCC1OC(n2ccc(=O)[nH]c2=O)C(O)C1O)OP(=O)(OC)O[C@H]1OC(CO)[C@H](O)C(O)C1N. The number of nitrogens with zero attached hydrogens (tertiary/aromatic N) is 1. The predicted molar refractivity (Wildman–Crippen MR) is 120 cm³/mol. The van der Waals surface area contributed by atoms with E-state index < -0.39 is 95.3 Å². The molecule has 1 aromatic rings. The molecule has 0 bridgehead atoms. The van der Waals surface area contributed by atoms with E-state index in [1.54, 1.807) is 0 Å². The summed E-state index contributed by atoms with van der Waals surface area (Å²) >= 11 is 0.